The first-order chi connectivity index (χ1) is 12.9. The highest BCUT2D eigenvalue weighted by atomic mass is 35.5. The molecule has 0 aromatic heterocycles. The van der Waals surface area contributed by atoms with E-state index in [1.165, 1.54) is 0 Å². The normalized spacial score (nSPS) is 15.7. The molecule has 2 heterocycles. The lowest BCUT2D eigenvalue weighted by atomic mass is 10.3. The van der Waals surface area contributed by atoms with Gasteiger partial charge < -0.3 is 0 Å². The van der Waals surface area contributed by atoms with Crippen molar-refractivity contribution in [3.8, 4) is 0 Å². The fourth-order valence-electron chi connectivity index (χ4n) is 1.32. The zero-order valence-corrected chi connectivity index (χ0v) is 15.8. The SMILES string of the molecule is Fc1cc(F)c(F)cc1F.O=C1NC(=O)C(Cl)=C1Cl.O=C1NC(=O)C(Cl)=C1Cl. The topological polar surface area (TPSA) is 92.3 Å². The van der Waals surface area contributed by atoms with Crippen molar-refractivity contribution in [1.29, 1.82) is 0 Å². The summed E-state index contributed by atoms with van der Waals surface area (Å²) < 4.78 is 47.9. The van der Waals surface area contributed by atoms with Crippen molar-refractivity contribution >= 4 is 70.0 Å². The van der Waals surface area contributed by atoms with E-state index in [1.807, 2.05) is 10.6 Å². The molecule has 14 heteroatoms. The summed E-state index contributed by atoms with van der Waals surface area (Å²) in [6, 6.07) is 0.315. The van der Waals surface area contributed by atoms with E-state index in [0.29, 0.717) is 0 Å². The number of carbonyl (C=O) groups is 4. The van der Waals surface area contributed by atoms with E-state index in [0.717, 1.165) is 0 Å². The molecule has 0 unspecified atom stereocenters. The predicted molar refractivity (Wildman–Crippen MR) is 90.0 cm³/mol. The molecule has 150 valence electrons. The smallest absolute Gasteiger partial charge is 0.271 e. The third-order valence-corrected chi connectivity index (χ3v) is 4.24. The second kappa shape index (κ2) is 9.87. The van der Waals surface area contributed by atoms with Crippen molar-refractivity contribution in [2.24, 2.45) is 0 Å². The summed E-state index contributed by atoms with van der Waals surface area (Å²) in [6.45, 7) is 0. The minimum absolute atomic E-state index is 0.157. The van der Waals surface area contributed by atoms with Crippen molar-refractivity contribution < 1.29 is 36.7 Å². The molecule has 0 saturated carbocycles. The minimum atomic E-state index is -1.39. The number of imide groups is 2. The zero-order chi connectivity index (χ0) is 21.8. The molecule has 6 nitrogen and oxygen atoms in total. The fourth-order valence-corrected chi connectivity index (χ4v) is 1.85. The Kier molecular flexibility index (Phi) is 8.43. The molecule has 2 aliphatic rings. The van der Waals surface area contributed by atoms with E-state index in [9.17, 15) is 36.7 Å². The molecule has 1 aromatic carbocycles. The molecule has 3 rings (SSSR count). The fraction of sp³-hybridized carbons (Fsp3) is 0. The second-order valence-corrected chi connectivity index (χ2v) is 6.01. The number of hydrogen-bond donors (Lipinski definition) is 2. The third kappa shape index (κ3) is 5.93. The largest absolute Gasteiger partial charge is 0.287 e. The number of rotatable bonds is 0. The maximum Gasteiger partial charge on any atom is 0.271 e. The Bertz CT molecular complexity index is 807. The number of amides is 4. The molecule has 2 aliphatic heterocycles. The van der Waals surface area contributed by atoms with Crippen molar-refractivity contribution in [2.45, 2.75) is 0 Å². The van der Waals surface area contributed by atoms with Gasteiger partial charge in [-0.3, -0.25) is 29.8 Å². The molecule has 0 radical (unpaired) electrons. The van der Waals surface area contributed by atoms with Crippen molar-refractivity contribution in [3.63, 3.8) is 0 Å². The number of halogens is 8. The van der Waals surface area contributed by atoms with Gasteiger partial charge in [0.1, 0.15) is 20.1 Å². The predicted octanol–water partition coefficient (Wildman–Crippen LogP) is 2.91. The van der Waals surface area contributed by atoms with E-state index in [4.69, 9.17) is 46.4 Å². The summed E-state index contributed by atoms with van der Waals surface area (Å²) in [5.41, 5.74) is 0. The van der Waals surface area contributed by atoms with Gasteiger partial charge in [-0.1, -0.05) is 46.4 Å². The van der Waals surface area contributed by atoms with Crippen LogP contribution in [0.4, 0.5) is 17.6 Å². The summed E-state index contributed by atoms with van der Waals surface area (Å²) in [4.78, 5) is 41.6. The van der Waals surface area contributed by atoms with Crippen LogP contribution in [0, 0.1) is 23.3 Å². The lowest BCUT2D eigenvalue weighted by molar-refractivity contribution is -0.125. The second-order valence-electron chi connectivity index (χ2n) is 4.50. The maximum atomic E-state index is 12.0. The molecule has 0 atom stereocenters. The van der Waals surface area contributed by atoms with Crippen molar-refractivity contribution in [2.75, 3.05) is 0 Å². The van der Waals surface area contributed by atoms with E-state index in [1.54, 1.807) is 0 Å². The van der Waals surface area contributed by atoms with Gasteiger partial charge >= 0.3 is 0 Å². The van der Waals surface area contributed by atoms with Gasteiger partial charge in [-0.25, -0.2) is 17.6 Å². The Morgan fingerprint density at radius 2 is 0.679 bits per heavy atom. The standard InChI is InChI=1S/C6H2F4.2C4HCl2NO2/c7-3-1-4(8)6(10)2-5(3)9;2*5-1-2(6)4(9)7-3(1)8/h1-2H;2*(H,7,8,9). The van der Waals surface area contributed by atoms with E-state index in [-0.39, 0.29) is 32.3 Å². The monoisotopic (exact) mass is 480 g/mol. The van der Waals surface area contributed by atoms with Crippen LogP contribution in [0.5, 0.6) is 0 Å². The Morgan fingerprint density at radius 3 is 0.786 bits per heavy atom. The van der Waals surface area contributed by atoms with E-state index < -0.39 is 46.9 Å². The van der Waals surface area contributed by atoms with Gasteiger partial charge in [0.05, 0.1) is 0 Å². The molecule has 0 bridgehead atoms. The van der Waals surface area contributed by atoms with Gasteiger partial charge in [-0.2, -0.15) is 0 Å². The Hall–Kier alpha value is -2.14. The average molecular weight is 482 g/mol. The Balaban J connectivity index is 0.000000210. The number of hydrogen-bond acceptors (Lipinski definition) is 4. The van der Waals surface area contributed by atoms with Crippen molar-refractivity contribution in [3.05, 3.63) is 55.5 Å². The summed E-state index contributed by atoms with van der Waals surface area (Å²) in [7, 11) is 0. The first kappa shape index (κ1) is 23.9. The molecule has 1 aromatic rings. The van der Waals surface area contributed by atoms with Gasteiger partial charge in [0.25, 0.3) is 23.6 Å². The highest BCUT2D eigenvalue weighted by Gasteiger charge is 2.27. The Morgan fingerprint density at radius 1 is 0.500 bits per heavy atom. The zero-order valence-electron chi connectivity index (χ0n) is 12.8. The van der Waals surface area contributed by atoms with Gasteiger partial charge in [0, 0.05) is 12.1 Å². The number of nitrogens with one attached hydrogen (secondary N) is 2. The molecule has 0 fully saturated rings. The van der Waals surface area contributed by atoms with Gasteiger partial charge in [0.15, 0.2) is 23.3 Å². The van der Waals surface area contributed by atoms with Crippen LogP contribution in [-0.2, 0) is 19.2 Å². The van der Waals surface area contributed by atoms with Gasteiger partial charge in [-0.15, -0.1) is 0 Å². The first-order valence-electron chi connectivity index (χ1n) is 6.48. The van der Waals surface area contributed by atoms with Crippen LogP contribution in [0.3, 0.4) is 0 Å². The molecule has 0 spiro atoms. The minimum Gasteiger partial charge on any atom is -0.287 e. The summed E-state index contributed by atoms with van der Waals surface area (Å²) in [5, 5.41) is 2.86. The van der Waals surface area contributed by atoms with Gasteiger partial charge in [-0.05, 0) is 0 Å². The van der Waals surface area contributed by atoms with Gasteiger partial charge in [0.2, 0.25) is 0 Å². The molecule has 0 aliphatic carbocycles. The average Bonchev–Trinajstić information content (AvgIpc) is 2.98. The van der Waals surface area contributed by atoms with E-state index >= 15 is 0 Å². The van der Waals surface area contributed by atoms with E-state index in [2.05, 4.69) is 0 Å². The maximum absolute atomic E-state index is 12.0. The lowest BCUT2D eigenvalue weighted by Gasteiger charge is -1.92. The number of carbonyl (C=O) groups excluding carboxylic acids is 4. The molecular formula is C14H4Cl4F4N2O4. The van der Waals surface area contributed by atoms with Crippen LogP contribution in [-0.4, -0.2) is 23.6 Å². The highest BCUT2D eigenvalue weighted by Crippen LogP contribution is 2.19. The van der Waals surface area contributed by atoms with Crippen LogP contribution >= 0.6 is 46.4 Å². The van der Waals surface area contributed by atoms with Crippen molar-refractivity contribution in [1.82, 2.24) is 10.6 Å². The lowest BCUT2D eigenvalue weighted by Crippen LogP contribution is -2.21. The Labute approximate surface area is 173 Å². The van der Waals surface area contributed by atoms with Crippen LogP contribution in [0.1, 0.15) is 0 Å². The quantitative estimate of drug-likeness (QED) is 0.338. The summed E-state index contributed by atoms with van der Waals surface area (Å²) in [5.74, 6) is -8.09. The van der Waals surface area contributed by atoms with Crippen LogP contribution in [0.25, 0.3) is 0 Å². The highest BCUT2D eigenvalue weighted by molar-refractivity contribution is 6.58. The molecule has 28 heavy (non-hydrogen) atoms. The first-order valence-corrected chi connectivity index (χ1v) is 7.99. The summed E-state index contributed by atoms with van der Waals surface area (Å²) >= 11 is 20.9. The summed E-state index contributed by atoms with van der Waals surface area (Å²) in [6.07, 6.45) is 0. The van der Waals surface area contributed by atoms with Crippen LogP contribution in [0.2, 0.25) is 0 Å². The third-order valence-electron chi connectivity index (χ3n) is 2.60. The molecular weight excluding hydrogens is 478 g/mol. The molecule has 0 saturated heterocycles. The molecule has 2 N–H and O–H groups in total. The van der Waals surface area contributed by atoms with Crippen LogP contribution in [0.15, 0.2) is 32.3 Å². The molecule has 4 amide bonds. The number of benzene rings is 1. The van der Waals surface area contributed by atoms with Crippen LogP contribution < -0.4 is 10.6 Å².